The third kappa shape index (κ3) is 3.99. The first kappa shape index (κ1) is 21.2. The number of carbonyl (C=O) groups excluding carboxylic acids is 1. The second-order valence-electron chi connectivity index (χ2n) is 8.42. The van der Waals surface area contributed by atoms with Gasteiger partial charge in [-0.25, -0.2) is 4.98 Å². The standard InChI is InChI=1S/C26H22F3N3O/c1-17-7-2-3-8-18(17)15-32-23-12-5-4-11-22(23)30-25(32)19-13-24(33)31(16-19)21-10-6-9-20(14-21)26(27,28)29/h2-12,14,19H,13,15-16H2,1H3/t19-/m0/s1. The summed E-state index contributed by atoms with van der Waals surface area (Å²) in [6, 6.07) is 20.9. The van der Waals surface area contributed by atoms with E-state index in [0.29, 0.717) is 6.54 Å². The van der Waals surface area contributed by atoms with Crippen LogP contribution in [0.5, 0.6) is 0 Å². The Hall–Kier alpha value is -3.61. The third-order valence-electron chi connectivity index (χ3n) is 6.25. The molecule has 0 spiro atoms. The normalized spacial score (nSPS) is 16.7. The van der Waals surface area contributed by atoms with Crippen molar-refractivity contribution < 1.29 is 18.0 Å². The van der Waals surface area contributed by atoms with Crippen LogP contribution in [-0.2, 0) is 17.5 Å². The molecule has 0 aliphatic carbocycles. The van der Waals surface area contributed by atoms with Crippen LogP contribution in [0.15, 0.2) is 72.8 Å². The van der Waals surface area contributed by atoms with Gasteiger partial charge in [0.1, 0.15) is 5.82 Å². The lowest BCUT2D eigenvalue weighted by atomic mass is 10.1. The van der Waals surface area contributed by atoms with Gasteiger partial charge in [0, 0.05) is 31.1 Å². The van der Waals surface area contributed by atoms with Gasteiger partial charge < -0.3 is 9.47 Å². The zero-order valence-electron chi connectivity index (χ0n) is 18.0. The second kappa shape index (κ2) is 8.06. The summed E-state index contributed by atoms with van der Waals surface area (Å²) in [5.74, 6) is 0.361. The van der Waals surface area contributed by atoms with E-state index in [-0.39, 0.29) is 30.5 Å². The first-order chi connectivity index (χ1) is 15.8. The minimum absolute atomic E-state index is 0.200. The summed E-state index contributed by atoms with van der Waals surface area (Å²) in [6.45, 7) is 2.95. The Balaban J connectivity index is 1.52. The number of alkyl halides is 3. The molecule has 0 bridgehead atoms. The molecule has 0 saturated carbocycles. The molecular formula is C26H22F3N3O. The van der Waals surface area contributed by atoms with Gasteiger partial charge in [0.2, 0.25) is 5.91 Å². The highest BCUT2D eigenvalue weighted by atomic mass is 19.4. The highest BCUT2D eigenvalue weighted by Gasteiger charge is 2.36. The smallest absolute Gasteiger partial charge is 0.323 e. The maximum absolute atomic E-state index is 13.2. The van der Waals surface area contributed by atoms with Crippen molar-refractivity contribution in [1.29, 1.82) is 0 Å². The van der Waals surface area contributed by atoms with Gasteiger partial charge in [0.15, 0.2) is 0 Å². The SMILES string of the molecule is Cc1ccccc1Cn1c([C@H]2CC(=O)N(c3cccc(C(F)(F)F)c3)C2)nc2ccccc21. The molecule has 1 fully saturated rings. The molecule has 0 N–H and O–H groups in total. The first-order valence-electron chi connectivity index (χ1n) is 10.8. The van der Waals surface area contributed by atoms with E-state index in [1.165, 1.54) is 11.0 Å². The monoisotopic (exact) mass is 449 g/mol. The van der Waals surface area contributed by atoms with E-state index in [1.54, 1.807) is 6.07 Å². The summed E-state index contributed by atoms with van der Waals surface area (Å²) in [7, 11) is 0. The average molecular weight is 449 g/mol. The Bertz CT molecular complexity index is 1340. The van der Waals surface area contributed by atoms with Crippen LogP contribution in [-0.4, -0.2) is 22.0 Å². The van der Waals surface area contributed by atoms with Crippen molar-refractivity contribution in [3.63, 3.8) is 0 Å². The van der Waals surface area contributed by atoms with Crippen molar-refractivity contribution in [2.75, 3.05) is 11.4 Å². The van der Waals surface area contributed by atoms with Gasteiger partial charge in [0.25, 0.3) is 0 Å². The topological polar surface area (TPSA) is 38.1 Å². The van der Waals surface area contributed by atoms with Gasteiger partial charge in [0.05, 0.1) is 16.6 Å². The lowest BCUT2D eigenvalue weighted by Crippen LogP contribution is -2.25. The summed E-state index contributed by atoms with van der Waals surface area (Å²) in [6.07, 6.45) is -4.26. The minimum Gasteiger partial charge on any atom is -0.323 e. The van der Waals surface area contributed by atoms with Crippen LogP contribution in [0.4, 0.5) is 18.9 Å². The van der Waals surface area contributed by atoms with Gasteiger partial charge in [-0.2, -0.15) is 13.2 Å². The summed E-state index contributed by atoms with van der Waals surface area (Å²) < 4.78 is 41.7. The fourth-order valence-corrected chi connectivity index (χ4v) is 4.51. The zero-order valence-corrected chi connectivity index (χ0v) is 18.0. The fraction of sp³-hybridized carbons (Fsp3) is 0.231. The largest absolute Gasteiger partial charge is 0.416 e. The molecule has 2 heterocycles. The summed E-state index contributed by atoms with van der Waals surface area (Å²) >= 11 is 0. The summed E-state index contributed by atoms with van der Waals surface area (Å²) in [5, 5.41) is 0. The van der Waals surface area contributed by atoms with Crippen molar-refractivity contribution in [2.24, 2.45) is 0 Å². The quantitative estimate of drug-likeness (QED) is 0.387. The number of halogens is 3. The molecule has 1 aliphatic rings. The van der Waals surface area contributed by atoms with Gasteiger partial charge >= 0.3 is 6.18 Å². The molecule has 33 heavy (non-hydrogen) atoms. The van der Waals surface area contributed by atoms with E-state index in [1.807, 2.05) is 36.4 Å². The van der Waals surface area contributed by atoms with Crippen molar-refractivity contribution in [3.8, 4) is 0 Å². The molecule has 1 saturated heterocycles. The average Bonchev–Trinajstić information content (AvgIpc) is 3.35. The first-order valence-corrected chi connectivity index (χ1v) is 10.8. The van der Waals surface area contributed by atoms with E-state index in [4.69, 9.17) is 4.98 Å². The number of imidazole rings is 1. The molecule has 7 heteroatoms. The number of hydrogen-bond acceptors (Lipinski definition) is 2. The highest BCUT2D eigenvalue weighted by molar-refractivity contribution is 5.96. The number of rotatable bonds is 4. The van der Waals surface area contributed by atoms with Crippen LogP contribution < -0.4 is 4.90 Å². The van der Waals surface area contributed by atoms with E-state index in [2.05, 4.69) is 23.6 Å². The van der Waals surface area contributed by atoms with Crippen molar-refractivity contribution in [1.82, 2.24) is 9.55 Å². The lowest BCUT2D eigenvalue weighted by molar-refractivity contribution is -0.137. The Kier molecular flexibility index (Phi) is 5.19. The van der Waals surface area contributed by atoms with E-state index < -0.39 is 11.7 Å². The highest BCUT2D eigenvalue weighted by Crippen LogP contribution is 2.36. The van der Waals surface area contributed by atoms with E-state index in [0.717, 1.165) is 40.1 Å². The van der Waals surface area contributed by atoms with Crippen LogP contribution >= 0.6 is 0 Å². The number of para-hydroxylation sites is 2. The van der Waals surface area contributed by atoms with Gasteiger partial charge in [-0.05, 0) is 48.4 Å². The predicted molar refractivity (Wildman–Crippen MR) is 121 cm³/mol. The van der Waals surface area contributed by atoms with Crippen LogP contribution in [0.3, 0.4) is 0 Å². The Labute approximate surface area is 189 Å². The number of fused-ring (bicyclic) bond motifs is 1. The Morgan fingerprint density at radius 2 is 1.76 bits per heavy atom. The van der Waals surface area contributed by atoms with Crippen LogP contribution in [0.2, 0.25) is 0 Å². The number of carbonyl (C=O) groups is 1. The van der Waals surface area contributed by atoms with Crippen LogP contribution in [0, 0.1) is 6.92 Å². The maximum atomic E-state index is 13.2. The van der Waals surface area contributed by atoms with Crippen LogP contribution in [0.25, 0.3) is 11.0 Å². The fourth-order valence-electron chi connectivity index (χ4n) is 4.51. The number of amides is 1. The Morgan fingerprint density at radius 3 is 2.55 bits per heavy atom. The number of aryl methyl sites for hydroxylation is 1. The number of anilines is 1. The molecule has 0 unspecified atom stereocenters. The lowest BCUT2D eigenvalue weighted by Gasteiger charge is -2.19. The van der Waals surface area contributed by atoms with E-state index >= 15 is 0 Å². The molecule has 3 aromatic carbocycles. The number of benzene rings is 3. The van der Waals surface area contributed by atoms with Gasteiger partial charge in [-0.3, -0.25) is 4.79 Å². The van der Waals surface area contributed by atoms with Gasteiger partial charge in [-0.15, -0.1) is 0 Å². The molecule has 1 atom stereocenters. The zero-order chi connectivity index (χ0) is 23.2. The minimum atomic E-state index is -4.46. The van der Waals surface area contributed by atoms with Crippen LogP contribution in [0.1, 0.15) is 34.9 Å². The molecule has 168 valence electrons. The Morgan fingerprint density at radius 1 is 1.00 bits per heavy atom. The molecule has 1 aromatic heterocycles. The second-order valence-corrected chi connectivity index (χ2v) is 8.42. The molecule has 1 amide bonds. The third-order valence-corrected chi connectivity index (χ3v) is 6.25. The van der Waals surface area contributed by atoms with Crippen molar-refractivity contribution in [3.05, 3.63) is 95.3 Å². The maximum Gasteiger partial charge on any atom is 0.416 e. The molecule has 0 radical (unpaired) electrons. The van der Waals surface area contributed by atoms with Crippen molar-refractivity contribution >= 4 is 22.6 Å². The molecule has 4 nitrogen and oxygen atoms in total. The van der Waals surface area contributed by atoms with Gasteiger partial charge in [-0.1, -0.05) is 42.5 Å². The van der Waals surface area contributed by atoms with E-state index in [9.17, 15) is 18.0 Å². The summed E-state index contributed by atoms with van der Waals surface area (Å²) in [5.41, 5.74) is 3.63. The molecular weight excluding hydrogens is 427 g/mol. The van der Waals surface area contributed by atoms with Crippen molar-refractivity contribution in [2.45, 2.75) is 32.0 Å². The molecule has 5 rings (SSSR count). The predicted octanol–water partition coefficient (Wildman–Crippen LogP) is 5.93. The molecule has 1 aliphatic heterocycles. The summed E-state index contributed by atoms with van der Waals surface area (Å²) in [4.78, 5) is 19.2. The number of aromatic nitrogens is 2. The number of nitrogens with zero attached hydrogens (tertiary/aromatic N) is 3. The number of hydrogen-bond donors (Lipinski definition) is 0. The molecule has 4 aromatic rings.